The van der Waals surface area contributed by atoms with Crippen molar-refractivity contribution < 1.29 is 14.0 Å². The lowest BCUT2D eigenvalue weighted by molar-refractivity contribution is -0.122. The van der Waals surface area contributed by atoms with Crippen molar-refractivity contribution in [3.05, 3.63) is 89.7 Å². The van der Waals surface area contributed by atoms with E-state index < -0.39 is 6.04 Å². The predicted molar refractivity (Wildman–Crippen MR) is 134 cm³/mol. The summed E-state index contributed by atoms with van der Waals surface area (Å²) in [7, 11) is 0. The summed E-state index contributed by atoms with van der Waals surface area (Å²) in [6, 6.07) is 20.5. The second-order valence-electron chi connectivity index (χ2n) is 8.38. The third-order valence-corrected chi connectivity index (χ3v) is 6.35. The van der Waals surface area contributed by atoms with Gasteiger partial charge in [-0.25, -0.2) is 4.39 Å². The molecular weight excluding hydrogens is 451 g/mol. The third kappa shape index (κ3) is 4.36. The summed E-state index contributed by atoms with van der Waals surface area (Å²) in [6.45, 7) is 0.982. The number of carbonyl (C=O) groups excluding carboxylic acids is 2. The van der Waals surface area contributed by atoms with E-state index in [9.17, 15) is 14.0 Å². The van der Waals surface area contributed by atoms with Gasteiger partial charge in [0.25, 0.3) is 5.91 Å². The average molecular weight is 475 g/mol. The minimum absolute atomic E-state index is 0.0392. The maximum absolute atomic E-state index is 13.4. The highest BCUT2D eigenvalue weighted by Crippen LogP contribution is 2.33. The smallest absolute Gasteiger partial charge is 0.256 e. The SMILES string of the molecule is O=C1C2CCCN2C(=O)c2ccccc2N1Cc1ccc(NC(=S)Nc2ccc(F)cc2)cc1. The number of halogens is 1. The first-order valence-electron chi connectivity index (χ1n) is 11.1. The normalized spacial score (nSPS) is 17.1. The summed E-state index contributed by atoms with van der Waals surface area (Å²) >= 11 is 5.34. The molecule has 2 aliphatic heterocycles. The monoisotopic (exact) mass is 474 g/mol. The van der Waals surface area contributed by atoms with Gasteiger partial charge in [-0.05, 0) is 79.2 Å². The summed E-state index contributed by atoms with van der Waals surface area (Å²) in [6.07, 6.45) is 1.53. The summed E-state index contributed by atoms with van der Waals surface area (Å²) in [4.78, 5) is 29.9. The van der Waals surface area contributed by atoms with Gasteiger partial charge in [0.15, 0.2) is 5.11 Å². The van der Waals surface area contributed by atoms with E-state index in [4.69, 9.17) is 12.2 Å². The Morgan fingerprint density at radius 3 is 2.29 bits per heavy atom. The second kappa shape index (κ2) is 9.23. The number of fused-ring (bicyclic) bond motifs is 2. The number of para-hydroxylation sites is 1. The van der Waals surface area contributed by atoms with Gasteiger partial charge in [0.2, 0.25) is 5.91 Å². The molecule has 8 heteroatoms. The van der Waals surface area contributed by atoms with Crippen LogP contribution in [0.4, 0.5) is 21.5 Å². The van der Waals surface area contributed by atoms with E-state index in [0.29, 0.717) is 41.6 Å². The lowest BCUT2D eigenvalue weighted by atomic mass is 10.1. The van der Waals surface area contributed by atoms with Gasteiger partial charge in [-0.3, -0.25) is 9.59 Å². The van der Waals surface area contributed by atoms with Crippen LogP contribution in [-0.4, -0.2) is 34.4 Å². The van der Waals surface area contributed by atoms with Crippen LogP contribution in [0.25, 0.3) is 0 Å². The Morgan fingerprint density at radius 1 is 0.941 bits per heavy atom. The highest BCUT2D eigenvalue weighted by Gasteiger charge is 2.41. The maximum atomic E-state index is 13.4. The van der Waals surface area contributed by atoms with Crippen LogP contribution < -0.4 is 15.5 Å². The van der Waals surface area contributed by atoms with Gasteiger partial charge < -0.3 is 20.4 Å². The van der Waals surface area contributed by atoms with Crippen molar-refractivity contribution >= 4 is 46.2 Å². The molecule has 0 spiro atoms. The Hall–Kier alpha value is -3.78. The molecule has 0 saturated carbocycles. The molecule has 1 unspecified atom stereocenters. The van der Waals surface area contributed by atoms with Crippen LogP contribution in [0.1, 0.15) is 28.8 Å². The van der Waals surface area contributed by atoms with Gasteiger partial charge in [0, 0.05) is 17.9 Å². The van der Waals surface area contributed by atoms with Crippen molar-refractivity contribution in [2.75, 3.05) is 22.1 Å². The topological polar surface area (TPSA) is 64.7 Å². The van der Waals surface area contributed by atoms with E-state index in [0.717, 1.165) is 17.7 Å². The zero-order valence-corrected chi connectivity index (χ0v) is 19.1. The number of nitrogens with zero attached hydrogens (tertiary/aromatic N) is 2. The van der Waals surface area contributed by atoms with Crippen LogP contribution >= 0.6 is 12.2 Å². The molecule has 1 fully saturated rings. The van der Waals surface area contributed by atoms with E-state index in [-0.39, 0.29) is 17.6 Å². The number of rotatable bonds is 4. The molecule has 0 radical (unpaired) electrons. The lowest BCUT2D eigenvalue weighted by Crippen LogP contribution is -2.44. The highest BCUT2D eigenvalue weighted by atomic mass is 32.1. The molecule has 6 nitrogen and oxygen atoms in total. The van der Waals surface area contributed by atoms with E-state index >= 15 is 0 Å². The molecule has 3 aromatic rings. The highest BCUT2D eigenvalue weighted by molar-refractivity contribution is 7.80. The molecule has 34 heavy (non-hydrogen) atoms. The molecule has 1 atom stereocenters. The average Bonchev–Trinajstić information content (AvgIpc) is 3.32. The fourth-order valence-electron chi connectivity index (χ4n) is 4.48. The van der Waals surface area contributed by atoms with Gasteiger partial charge in [0.05, 0.1) is 17.8 Å². The first kappa shape index (κ1) is 22.0. The van der Waals surface area contributed by atoms with Crippen LogP contribution in [0.15, 0.2) is 72.8 Å². The molecule has 0 aliphatic carbocycles. The van der Waals surface area contributed by atoms with E-state index in [1.165, 1.54) is 12.1 Å². The first-order chi connectivity index (χ1) is 16.5. The number of amides is 2. The lowest BCUT2D eigenvalue weighted by Gasteiger charge is -2.26. The first-order valence-corrected chi connectivity index (χ1v) is 11.5. The minimum atomic E-state index is -0.407. The summed E-state index contributed by atoms with van der Waals surface area (Å²) in [5, 5.41) is 6.50. The Labute approximate surface area is 202 Å². The Morgan fingerprint density at radius 2 is 1.59 bits per heavy atom. The van der Waals surface area contributed by atoms with Crippen molar-refractivity contribution in [2.24, 2.45) is 0 Å². The molecule has 2 aliphatic rings. The summed E-state index contributed by atoms with van der Waals surface area (Å²) in [5.74, 6) is -0.422. The van der Waals surface area contributed by atoms with E-state index in [2.05, 4.69) is 10.6 Å². The van der Waals surface area contributed by atoms with Crippen LogP contribution in [0, 0.1) is 5.82 Å². The number of hydrogen-bond donors (Lipinski definition) is 2. The van der Waals surface area contributed by atoms with Gasteiger partial charge in [-0.2, -0.15) is 0 Å². The standard InChI is InChI=1S/C26H23FN4O2S/c27-18-9-13-20(14-10-18)29-26(34)28-19-11-7-17(8-12-19)16-31-22-5-2-1-4-21(22)24(32)30-15-3-6-23(30)25(31)33/h1-2,4-5,7-14,23H,3,6,15-16H2,(H2,28,29,34). The van der Waals surface area contributed by atoms with Gasteiger partial charge in [-0.1, -0.05) is 24.3 Å². The van der Waals surface area contributed by atoms with Crippen molar-refractivity contribution in [3.8, 4) is 0 Å². The predicted octanol–water partition coefficient (Wildman–Crippen LogP) is 4.79. The Balaban J connectivity index is 1.31. The second-order valence-corrected chi connectivity index (χ2v) is 8.79. The Kier molecular flexibility index (Phi) is 5.98. The van der Waals surface area contributed by atoms with Crippen molar-refractivity contribution in [1.29, 1.82) is 0 Å². The molecule has 1 saturated heterocycles. The van der Waals surface area contributed by atoms with Crippen LogP contribution in [0.5, 0.6) is 0 Å². The van der Waals surface area contributed by atoms with Crippen LogP contribution in [0.3, 0.4) is 0 Å². The van der Waals surface area contributed by atoms with Gasteiger partial charge in [-0.15, -0.1) is 0 Å². The van der Waals surface area contributed by atoms with Crippen LogP contribution in [0.2, 0.25) is 0 Å². The third-order valence-electron chi connectivity index (χ3n) is 6.14. The zero-order chi connectivity index (χ0) is 23.7. The van der Waals surface area contributed by atoms with Crippen LogP contribution in [-0.2, 0) is 11.3 Å². The number of hydrogen-bond acceptors (Lipinski definition) is 3. The quantitative estimate of drug-likeness (QED) is 0.533. The summed E-state index contributed by atoms with van der Waals surface area (Å²) < 4.78 is 13.1. The van der Waals surface area contributed by atoms with Crippen molar-refractivity contribution in [3.63, 3.8) is 0 Å². The molecule has 2 amide bonds. The molecule has 2 heterocycles. The minimum Gasteiger partial charge on any atom is -0.332 e. The summed E-state index contributed by atoms with van der Waals surface area (Å²) in [5.41, 5.74) is 3.62. The molecule has 0 aromatic heterocycles. The number of benzene rings is 3. The molecule has 5 rings (SSSR count). The Bertz CT molecular complexity index is 1250. The van der Waals surface area contributed by atoms with E-state index in [1.807, 2.05) is 42.5 Å². The molecule has 2 N–H and O–H groups in total. The molecule has 3 aromatic carbocycles. The van der Waals surface area contributed by atoms with Gasteiger partial charge in [0.1, 0.15) is 11.9 Å². The van der Waals surface area contributed by atoms with Gasteiger partial charge >= 0.3 is 0 Å². The largest absolute Gasteiger partial charge is 0.332 e. The fraction of sp³-hybridized carbons (Fsp3) is 0.192. The molecule has 172 valence electrons. The maximum Gasteiger partial charge on any atom is 0.256 e. The van der Waals surface area contributed by atoms with Crippen molar-refractivity contribution in [1.82, 2.24) is 4.90 Å². The fourth-order valence-corrected chi connectivity index (χ4v) is 4.71. The zero-order valence-electron chi connectivity index (χ0n) is 18.3. The number of thiocarbonyl (C=S) groups is 1. The molecular formula is C26H23FN4O2S. The molecule has 0 bridgehead atoms. The number of anilines is 3. The number of carbonyl (C=O) groups is 2. The van der Waals surface area contributed by atoms with Crippen molar-refractivity contribution in [2.45, 2.75) is 25.4 Å². The van der Waals surface area contributed by atoms with E-state index in [1.54, 1.807) is 28.0 Å². The number of nitrogens with one attached hydrogen (secondary N) is 2.